The molecule has 8 aromatic rings. The van der Waals surface area contributed by atoms with Gasteiger partial charge >= 0.3 is 18.1 Å². The van der Waals surface area contributed by atoms with Crippen molar-refractivity contribution in [2.45, 2.75) is 39.0 Å². The number of carbonyl (C=O) groups is 2. The molecule has 14 nitrogen and oxygen atoms in total. The summed E-state index contributed by atoms with van der Waals surface area (Å²) in [4.78, 5) is 64.2. The lowest BCUT2D eigenvalue weighted by atomic mass is 10.2. The Bertz CT molecular complexity index is 2880. The third kappa shape index (κ3) is 7.56. The highest BCUT2D eigenvalue weighted by Crippen LogP contribution is 2.33. The van der Waals surface area contributed by atoms with Crippen LogP contribution in [-0.2, 0) is 41.7 Å². The number of hydrogen-bond donors (Lipinski definition) is 2. The molecular formula is C34H23F3N8O6S3. The number of aromatic nitrogens is 8. The zero-order valence-electron chi connectivity index (χ0n) is 27.6. The first-order valence-electron chi connectivity index (χ1n) is 15.7. The number of nitrogens with zero attached hydrogens (tertiary/aromatic N) is 8. The van der Waals surface area contributed by atoms with Gasteiger partial charge in [-0.05, 0) is 42.8 Å². The number of halogens is 3. The lowest BCUT2D eigenvalue weighted by Gasteiger charge is -2.07. The highest BCUT2D eigenvalue weighted by molar-refractivity contribution is 7.18. The summed E-state index contributed by atoms with van der Waals surface area (Å²) in [7, 11) is 0. The number of rotatable bonds is 8. The molecule has 0 bridgehead atoms. The minimum atomic E-state index is -4.49. The molecule has 6 heterocycles. The van der Waals surface area contributed by atoms with Gasteiger partial charge in [0.05, 0.1) is 63.0 Å². The number of aryl methyl sites for hydroxylation is 1. The zero-order chi connectivity index (χ0) is 38.3. The van der Waals surface area contributed by atoms with Crippen LogP contribution in [0.1, 0.15) is 32.5 Å². The number of hydrogen-bond acceptors (Lipinski definition) is 13. The standard InChI is InChI=1S/C17H10F3N5O3S.C17H13N3O3S2/c18-17(19,20)8-1-2-11-9(5-8)23-12(29-11)7-25-16(28)15-14(21-3-4-22-15)10(24-25)6-13(26)27;1-9-2-3-14-13(4-9)18-15(25-14)6-20-17(23)11-8-24-7-10(11)12(19-20)5-16(21)22/h1-5H,6-7H2,(H,26,27);2-4,7-8H,5-6H2,1H3,(H,21,22). The van der Waals surface area contributed by atoms with Gasteiger partial charge < -0.3 is 10.2 Å². The molecule has 0 aliphatic carbocycles. The van der Waals surface area contributed by atoms with Crippen LogP contribution in [0.15, 0.2) is 69.1 Å². The van der Waals surface area contributed by atoms with E-state index in [0.717, 1.165) is 48.9 Å². The van der Waals surface area contributed by atoms with E-state index in [1.54, 1.807) is 10.8 Å². The fraction of sp³-hybridized carbons (Fsp3) is 0.176. The van der Waals surface area contributed by atoms with Crippen LogP contribution in [-0.4, -0.2) is 61.6 Å². The van der Waals surface area contributed by atoms with Crippen molar-refractivity contribution in [3.63, 3.8) is 0 Å². The smallest absolute Gasteiger partial charge is 0.416 e. The van der Waals surface area contributed by atoms with Gasteiger partial charge in [-0.1, -0.05) is 6.07 Å². The quantitative estimate of drug-likeness (QED) is 0.195. The topological polar surface area (TPSA) is 196 Å². The predicted octanol–water partition coefficient (Wildman–Crippen LogP) is 5.54. The first-order chi connectivity index (χ1) is 25.7. The number of carboxylic acid groups (broad SMARTS) is 2. The number of thiophene rings is 1. The van der Waals surface area contributed by atoms with Crippen LogP contribution in [0.5, 0.6) is 0 Å². The van der Waals surface area contributed by atoms with Crippen molar-refractivity contribution in [2.24, 2.45) is 0 Å². The fourth-order valence-electron chi connectivity index (χ4n) is 5.52. The lowest BCUT2D eigenvalue weighted by Crippen LogP contribution is -2.27. The predicted molar refractivity (Wildman–Crippen MR) is 195 cm³/mol. The summed E-state index contributed by atoms with van der Waals surface area (Å²) in [6.07, 6.45) is -2.55. The van der Waals surface area contributed by atoms with Crippen LogP contribution in [0.3, 0.4) is 0 Å². The van der Waals surface area contributed by atoms with Crippen LogP contribution in [0.2, 0.25) is 0 Å². The van der Waals surface area contributed by atoms with E-state index < -0.39 is 35.7 Å². The Hall–Kier alpha value is -5.99. The Morgan fingerprint density at radius 1 is 0.741 bits per heavy atom. The van der Waals surface area contributed by atoms with Crippen molar-refractivity contribution in [3.8, 4) is 0 Å². The van der Waals surface area contributed by atoms with Gasteiger partial charge in [-0.25, -0.2) is 24.3 Å². The summed E-state index contributed by atoms with van der Waals surface area (Å²) in [5.74, 6) is -2.13. The van der Waals surface area contributed by atoms with E-state index in [4.69, 9.17) is 10.2 Å². The molecule has 0 fully saturated rings. The van der Waals surface area contributed by atoms with Crippen molar-refractivity contribution >= 4 is 88.2 Å². The molecule has 0 spiro atoms. The SMILES string of the molecule is Cc1ccc2sc(Cn3nc(CC(=O)O)c4cscc4c3=O)nc2c1.O=C(O)Cc1nn(Cc2nc3cc(C(F)(F)F)ccc3s2)c(=O)c2nccnc12. The van der Waals surface area contributed by atoms with Crippen LogP contribution in [0, 0.1) is 6.92 Å². The number of aliphatic carboxylic acids is 2. The third-order valence-electron chi connectivity index (χ3n) is 7.88. The van der Waals surface area contributed by atoms with E-state index >= 15 is 0 Å². The second-order valence-corrected chi connectivity index (χ2v) is 14.8. The average Bonchev–Trinajstić information content (AvgIpc) is 3.86. The normalized spacial score (nSPS) is 11.7. The summed E-state index contributed by atoms with van der Waals surface area (Å²) in [6.45, 7) is 2.10. The molecule has 0 aliphatic rings. The van der Waals surface area contributed by atoms with Gasteiger partial charge in [-0.15, -0.1) is 22.7 Å². The molecule has 0 aliphatic heterocycles. The summed E-state index contributed by atoms with van der Waals surface area (Å²) >= 11 is 4.00. The Kier molecular flexibility index (Phi) is 9.73. The summed E-state index contributed by atoms with van der Waals surface area (Å²) in [6, 6.07) is 9.26. The maximum absolute atomic E-state index is 12.9. The Morgan fingerprint density at radius 2 is 1.30 bits per heavy atom. The third-order valence-corrected chi connectivity index (χ3v) is 10.7. The highest BCUT2D eigenvalue weighted by atomic mass is 32.1. The minimum Gasteiger partial charge on any atom is -0.481 e. The molecule has 0 unspecified atom stereocenters. The van der Waals surface area contributed by atoms with Gasteiger partial charge in [-0.3, -0.25) is 24.2 Å². The van der Waals surface area contributed by atoms with Crippen molar-refractivity contribution < 1.29 is 33.0 Å². The molecular weight excluding hydrogens is 770 g/mol. The van der Waals surface area contributed by atoms with Crippen LogP contribution in [0.25, 0.3) is 42.2 Å². The van der Waals surface area contributed by atoms with Crippen molar-refractivity contribution in [1.29, 1.82) is 0 Å². The van der Waals surface area contributed by atoms with Crippen LogP contribution >= 0.6 is 34.0 Å². The van der Waals surface area contributed by atoms with Gasteiger partial charge in [0, 0.05) is 28.5 Å². The molecule has 0 atom stereocenters. The maximum Gasteiger partial charge on any atom is 0.416 e. The van der Waals surface area contributed by atoms with E-state index in [1.165, 1.54) is 45.8 Å². The highest BCUT2D eigenvalue weighted by Gasteiger charge is 2.31. The number of thiazole rings is 2. The molecule has 6 aromatic heterocycles. The molecule has 8 rings (SSSR count). The molecule has 0 saturated carbocycles. The zero-order valence-corrected chi connectivity index (χ0v) is 30.0. The van der Waals surface area contributed by atoms with Crippen LogP contribution < -0.4 is 11.1 Å². The van der Waals surface area contributed by atoms with E-state index in [9.17, 15) is 32.3 Å². The van der Waals surface area contributed by atoms with Crippen molar-refractivity contribution in [3.05, 3.63) is 113 Å². The minimum absolute atomic E-state index is 0.0424. The first kappa shape index (κ1) is 36.4. The first-order valence-corrected chi connectivity index (χ1v) is 18.2. The van der Waals surface area contributed by atoms with Crippen molar-refractivity contribution in [2.75, 3.05) is 0 Å². The van der Waals surface area contributed by atoms with Gasteiger partial charge in [0.25, 0.3) is 11.1 Å². The Balaban J connectivity index is 0.000000168. The second-order valence-electron chi connectivity index (χ2n) is 11.8. The molecule has 2 N–H and O–H groups in total. The maximum atomic E-state index is 12.9. The van der Waals surface area contributed by atoms with Gasteiger partial charge in [0.2, 0.25) is 0 Å². The number of alkyl halides is 3. The summed E-state index contributed by atoms with van der Waals surface area (Å²) < 4.78 is 42.5. The second kappa shape index (κ2) is 14.4. The average molecular weight is 793 g/mol. The van der Waals surface area contributed by atoms with Gasteiger partial charge in [0.1, 0.15) is 21.2 Å². The largest absolute Gasteiger partial charge is 0.481 e. The van der Waals surface area contributed by atoms with Crippen molar-refractivity contribution in [1.82, 2.24) is 39.5 Å². The molecule has 2 aromatic carbocycles. The number of benzene rings is 2. The van der Waals surface area contributed by atoms with E-state index in [1.807, 2.05) is 25.1 Å². The van der Waals surface area contributed by atoms with Crippen LogP contribution in [0.4, 0.5) is 13.2 Å². The Labute approximate surface area is 311 Å². The number of carboxylic acids is 2. The van der Waals surface area contributed by atoms with E-state index in [0.29, 0.717) is 26.2 Å². The summed E-state index contributed by atoms with van der Waals surface area (Å²) in [5.41, 5.74) is 1.05. The molecule has 274 valence electrons. The monoisotopic (exact) mass is 792 g/mol. The van der Waals surface area contributed by atoms with E-state index in [-0.39, 0.29) is 47.3 Å². The van der Waals surface area contributed by atoms with E-state index in [2.05, 4.69) is 30.1 Å². The molecule has 54 heavy (non-hydrogen) atoms. The molecule has 0 amide bonds. The lowest BCUT2D eigenvalue weighted by molar-refractivity contribution is -0.138. The fourth-order valence-corrected chi connectivity index (χ4v) is 8.21. The summed E-state index contributed by atoms with van der Waals surface area (Å²) in [5, 5.41) is 32.3. The van der Waals surface area contributed by atoms with Gasteiger partial charge in [-0.2, -0.15) is 34.7 Å². The molecule has 20 heteroatoms. The molecule has 0 saturated heterocycles. The molecule has 0 radical (unpaired) electrons. The van der Waals surface area contributed by atoms with Gasteiger partial charge in [0.15, 0.2) is 5.52 Å². The number of fused-ring (bicyclic) bond motifs is 4. The Morgan fingerprint density at radius 3 is 1.94 bits per heavy atom.